The van der Waals surface area contributed by atoms with Crippen LogP contribution in [-0.4, -0.2) is 37.6 Å². The summed E-state index contributed by atoms with van der Waals surface area (Å²) >= 11 is 0. The zero-order valence-corrected chi connectivity index (χ0v) is 7.55. The molecule has 0 spiro atoms. The Labute approximate surface area is 67.3 Å². The third-order valence-electron chi connectivity index (χ3n) is 2.40. The zero-order chi connectivity index (χ0) is 8.65. The van der Waals surface area contributed by atoms with Gasteiger partial charge in [0.1, 0.15) is 0 Å². The maximum absolute atomic E-state index is 11.2. The highest BCUT2D eigenvalue weighted by Gasteiger charge is 2.48. The molecule has 0 bridgehead atoms. The molecular formula is C8H15NO2. The average molecular weight is 157 g/mol. The van der Waals surface area contributed by atoms with Crippen molar-refractivity contribution in [1.29, 1.82) is 0 Å². The van der Waals surface area contributed by atoms with Crippen LogP contribution in [0.5, 0.6) is 0 Å². The third-order valence-corrected chi connectivity index (χ3v) is 2.40. The Kier molecular flexibility index (Phi) is 1.92. The molecular weight excluding hydrogens is 142 g/mol. The van der Waals surface area contributed by atoms with Gasteiger partial charge in [0.25, 0.3) is 0 Å². The molecule has 1 saturated heterocycles. The van der Waals surface area contributed by atoms with E-state index in [0.717, 1.165) is 6.54 Å². The van der Waals surface area contributed by atoms with Gasteiger partial charge >= 0.3 is 5.97 Å². The van der Waals surface area contributed by atoms with Crippen molar-refractivity contribution in [3.05, 3.63) is 0 Å². The molecule has 64 valence electrons. The topological polar surface area (TPSA) is 29.3 Å². The fourth-order valence-electron chi connectivity index (χ4n) is 1.40. The fraction of sp³-hybridized carbons (Fsp3) is 0.875. The molecule has 0 aromatic rings. The van der Waals surface area contributed by atoms with Gasteiger partial charge in [-0.2, -0.15) is 0 Å². The first kappa shape index (κ1) is 8.53. The number of nitrogens with zero attached hydrogens (tertiary/aromatic N) is 1. The molecule has 0 amide bonds. The Hall–Kier alpha value is -0.570. The minimum absolute atomic E-state index is 0.119. The van der Waals surface area contributed by atoms with Crippen LogP contribution in [0.4, 0.5) is 0 Å². The van der Waals surface area contributed by atoms with Crippen molar-refractivity contribution in [2.24, 2.45) is 5.41 Å². The second-order valence-electron chi connectivity index (χ2n) is 3.67. The lowest BCUT2D eigenvalue weighted by molar-refractivity contribution is -0.151. The van der Waals surface area contributed by atoms with Gasteiger partial charge in [0.05, 0.1) is 12.5 Å². The lowest BCUT2D eigenvalue weighted by Crippen LogP contribution is -2.32. The molecule has 1 heterocycles. The van der Waals surface area contributed by atoms with Crippen LogP contribution in [0, 0.1) is 5.41 Å². The maximum atomic E-state index is 11.2. The van der Waals surface area contributed by atoms with Gasteiger partial charge in [0, 0.05) is 12.6 Å². The first-order valence-corrected chi connectivity index (χ1v) is 3.79. The van der Waals surface area contributed by atoms with Crippen molar-refractivity contribution in [3.63, 3.8) is 0 Å². The number of rotatable bonds is 2. The summed E-state index contributed by atoms with van der Waals surface area (Å²) in [6.07, 6.45) is 0. The highest BCUT2D eigenvalue weighted by Crippen LogP contribution is 2.34. The van der Waals surface area contributed by atoms with Gasteiger partial charge in [0.15, 0.2) is 0 Å². The molecule has 0 N–H and O–H groups in total. The summed E-state index contributed by atoms with van der Waals surface area (Å²) in [6, 6.07) is 0.370. The Morgan fingerprint density at radius 1 is 1.64 bits per heavy atom. The number of ether oxygens (including phenoxy) is 1. The summed E-state index contributed by atoms with van der Waals surface area (Å²) < 4.78 is 4.70. The summed E-state index contributed by atoms with van der Waals surface area (Å²) in [4.78, 5) is 13.3. The van der Waals surface area contributed by atoms with Crippen LogP contribution in [0.15, 0.2) is 0 Å². The molecule has 1 fully saturated rings. The summed E-state index contributed by atoms with van der Waals surface area (Å²) in [5.41, 5.74) is -0.344. The molecule has 2 unspecified atom stereocenters. The maximum Gasteiger partial charge on any atom is 0.312 e. The van der Waals surface area contributed by atoms with E-state index in [1.807, 2.05) is 20.9 Å². The Bertz CT molecular complexity index is 177. The van der Waals surface area contributed by atoms with Crippen molar-refractivity contribution >= 4 is 5.97 Å². The van der Waals surface area contributed by atoms with E-state index in [-0.39, 0.29) is 11.4 Å². The van der Waals surface area contributed by atoms with Gasteiger partial charge in [-0.15, -0.1) is 0 Å². The van der Waals surface area contributed by atoms with Gasteiger partial charge in [-0.3, -0.25) is 9.69 Å². The second kappa shape index (κ2) is 2.48. The normalized spacial score (nSPS) is 29.8. The van der Waals surface area contributed by atoms with Crippen LogP contribution in [0.2, 0.25) is 0 Å². The van der Waals surface area contributed by atoms with Crippen LogP contribution < -0.4 is 0 Å². The SMILES string of the molecule is COC(=O)C(C)(C)C1CN1C. The standard InChI is InChI=1S/C8H15NO2/c1-8(2,7(10)11-4)6-5-9(6)3/h6H,5H2,1-4H3. The molecule has 1 aliphatic rings. The van der Waals surface area contributed by atoms with E-state index < -0.39 is 0 Å². The van der Waals surface area contributed by atoms with Gasteiger partial charge in [0.2, 0.25) is 0 Å². The van der Waals surface area contributed by atoms with E-state index in [1.165, 1.54) is 7.11 Å². The lowest BCUT2D eigenvalue weighted by Gasteiger charge is -2.20. The van der Waals surface area contributed by atoms with E-state index in [2.05, 4.69) is 4.90 Å². The Morgan fingerprint density at radius 3 is 2.36 bits per heavy atom. The van der Waals surface area contributed by atoms with E-state index in [1.54, 1.807) is 0 Å². The average Bonchev–Trinajstić information content (AvgIpc) is 2.65. The summed E-state index contributed by atoms with van der Waals surface area (Å²) in [5.74, 6) is -0.119. The van der Waals surface area contributed by atoms with Crippen molar-refractivity contribution in [2.45, 2.75) is 19.9 Å². The predicted octanol–water partition coefficient (Wildman–Crippen LogP) is 0.500. The molecule has 1 rings (SSSR count). The first-order chi connectivity index (χ1) is 5.00. The van der Waals surface area contributed by atoms with Crippen LogP contribution >= 0.6 is 0 Å². The van der Waals surface area contributed by atoms with Gasteiger partial charge in [-0.05, 0) is 20.9 Å². The minimum atomic E-state index is -0.344. The zero-order valence-electron chi connectivity index (χ0n) is 7.55. The van der Waals surface area contributed by atoms with Crippen LogP contribution in [0.3, 0.4) is 0 Å². The highest BCUT2D eigenvalue weighted by atomic mass is 16.5. The molecule has 3 heteroatoms. The van der Waals surface area contributed by atoms with Gasteiger partial charge in [-0.1, -0.05) is 0 Å². The van der Waals surface area contributed by atoms with Gasteiger partial charge in [-0.25, -0.2) is 0 Å². The van der Waals surface area contributed by atoms with Crippen LogP contribution in [0.1, 0.15) is 13.8 Å². The molecule has 2 atom stereocenters. The highest BCUT2D eigenvalue weighted by molar-refractivity contribution is 5.77. The summed E-state index contributed by atoms with van der Waals surface area (Å²) in [7, 11) is 3.45. The number of esters is 1. The molecule has 0 radical (unpaired) electrons. The first-order valence-electron chi connectivity index (χ1n) is 3.79. The van der Waals surface area contributed by atoms with Crippen LogP contribution in [-0.2, 0) is 9.53 Å². The molecule has 3 nitrogen and oxygen atoms in total. The number of methoxy groups -OCH3 is 1. The fourth-order valence-corrected chi connectivity index (χ4v) is 1.40. The summed E-state index contributed by atoms with van der Waals surface area (Å²) in [6.45, 7) is 4.85. The lowest BCUT2D eigenvalue weighted by atomic mass is 9.89. The Morgan fingerprint density at radius 2 is 2.09 bits per heavy atom. The van der Waals surface area contributed by atoms with Crippen molar-refractivity contribution < 1.29 is 9.53 Å². The van der Waals surface area contributed by atoms with E-state index >= 15 is 0 Å². The molecule has 0 aromatic heterocycles. The largest absolute Gasteiger partial charge is 0.469 e. The minimum Gasteiger partial charge on any atom is -0.469 e. The number of carbonyl (C=O) groups is 1. The van der Waals surface area contributed by atoms with Gasteiger partial charge < -0.3 is 4.74 Å². The number of hydrogen-bond acceptors (Lipinski definition) is 3. The number of carbonyl (C=O) groups excluding carboxylic acids is 1. The predicted molar refractivity (Wildman–Crippen MR) is 42.2 cm³/mol. The third kappa shape index (κ3) is 1.38. The smallest absolute Gasteiger partial charge is 0.312 e. The summed E-state index contributed by atoms with van der Waals surface area (Å²) in [5, 5.41) is 0. The van der Waals surface area contributed by atoms with Crippen molar-refractivity contribution in [2.75, 3.05) is 20.7 Å². The molecule has 0 aromatic carbocycles. The number of hydrogen-bond donors (Lipinski definition) is 0. The molecule has 1 aliphatic heterocycles. The van der Waals surface area contributed by atoms with E-state index in [4.69, 9.17) is 4.74 Å². The molecule has 0 saturated carbocycles. The second-order valence-corrected chi connectivity index (χ2v) is 3.67. The number of likely N-dealkylation sites (N-methyl/N-ethyl adjacent to an activating group) is 1. The van der Waals surface area contributed by atoms with Crippen molar-refractivity contribution in [3.8, 4) is 0 Å². The van der Waals surface area contributed by atoms with E-state index in [9.17, 15) is 4.79 Å². The monoisotopic (exact) mass is 157 g/mol. The Balaban J connectivity index is 2.59. The quantitative estimate of drug-likeness (QED) is 0.432. The van der Waals surface area contributed by atoms with Crippen LogP contribution in [0.25, 0.3) is 0 Å². The van der Waals surface area contributed by atoms with E-state index in [0.29, 0.717) is 6.04 Å². The molecule has 11 heavy (non-hydrogen) atoms. The van der Waals surface area contributed by atoms with Crippen molar-refractivity contribution in [1.82, 2.24) is 4.90 Å². The molecule has 0 aliphatic carbocycles.